The largest absolute Gasteiger partial charge is 0.381 e. The molecular weight excluding hydrogens is 236 g/mol. The SMILES string of the molecule is CCCCCCOCCCCCCS(C)(=O)=O. The Hall–Kier alpha value is -0.0900. The van der Waals surface area contributed by atoms with Gasteiger partial charge in [-0.2, -0.15) is 0 Å². The van der Waals surface area contributed by atoms with Gasteiger partial charge in [0.1, 0.15) is 9.84 Å². The van der Waals surface area contributed by atoms with Crippen molar-refractivity contribution in [2.45, 2.75) is 58.3 Å². The number of ether oxygens (including phenoxy) is 1. The normalized spacial score (nSPS) is 11.9. The molecule has 4 heteroatoms. The molecule has 0 unspecified atom stereocenters. The van der Waals surface area contributed by atoms with Crippen LogP contribution in [0, 0.1) is 0 Å². The molecule has 0 bridgehead atoms. The van der Waals surface area contributed by atoms with Crippen LogP contribution in [0.4, 0.5) is 0 Å². The van der Waals surface area contributed by atoms with Crippen LogP contribution in [0.2, 0.25) is 0 Å². The van der Waals surface area contributed by atoms with Crippen molar-refractivity contribution in [3.8, 4) is 0 Å². The lowest BCUT2D eigenvalue weighted by molar-refractivity contribution is 0.126. The molecule has 0 aromatic carbocycles. The fourth-order valence-electron chi connectivity index (χ4n) is 1.65. The van der Waals surface area contributed by atoms with Crippen LogP contribution in [0.25, 0.3) is 0 Å². The topological polar surface area (TPSA) is 43.4 Å². The molecule has 3 nitrogen and oxygen atoms in total. The highest BCUT2D eigenvalue weighted by atomic mass is 32.2. The van der Waals surface area contributed by atoms with Crippen LogP contribution in [-0.4, -0.2) is 33.6 Å². The molecule has 0 heterocycles. The minimum absolute atomic E-state index is 0.324. The number of rotatable bonds is 12. The molecule has 0 spiro atoms. The third kappa shape index (κ3) is 15.9. The summed E-state index contributed by atoms with van der Waals surface area (Å²) in [7, 11) is -2.77. The van der Waals surface area contributed by atoms with Crippen molar-refractivity contribution in [3.05, 3.63) is 0 Å². The summed E-state index contributed by atoms with van der Waals surface area (Å²) in [6.45, 7) is 3.91. The Labute approximate surface area is 107 Å². The second kappa shape index (κ2) is 11.0. The fraction of sp³-hybridized carbons (Fsp3) is 1.00. The van der Waals surface area contributed by atoms with Crippen LogP contribution >= 0.6 is 0 Å². The average Bonchev–Trinajstić information content (AvgIpc) is 2.24. The van der Waals surface area contributed by atoms with Crippen LogP contribution in [0.15, 0.2) is 0 Å². The summed E-state index contributed by atoms with van der Waals surface area (Å²) in [5.74, 6) is 0.324. The quantitative estimate of drug-likeness (QED) is 0.508. The summed E-state index contributed by atoms with van der Waals surface area (Å²) < 4.78 is 27.2. The monoisotopic (exact) mass is 264 g/mol. The Kier molecular flexibility index (Phi) is 11.0. The van der Waals surface area contributed by atoms with E-state index in [1.54, 1.807) is 0 Å². The third-order valence-corrected chi connectivity index (χ3v) is 3.73. The van der Waals surface area contributed by atoms with E-state index in [2.05, 4.69) is 6.92 Å². The Morgan fingerprint density at radius 1 is 0.824 bits per heavy atom. The van der Waals surface area contributed by atoms with Gasteiger partial charge in [0.2, 0.25) is 0 Å². The van der Waals surface area contributed by atoms with E-state index < -0.39 is 9.84 Å². The Morgan fingerprint density at radius 2 is 1.35 bits per heavy atom. The average molecular weight is 264 g/mol. The van der Waals surface area contributed by atoms with Crippen molar-refractivity contribution >= 4 is 9.84 Å². The van der Waals surface area contributed by atoms with Crippen molar-refractivity contribution in [2.75, 3.05) is 25.2 Å². The zero-order chi connectivity index (χ0) is 13.0. The van der Waals surface area contributed by atoms with Gasteiger partial charge in [0.25, 0.3) is 0 Å². The number of sulfone groups is 1. The van der Waals surface area contributed by atoms with Crippen LogP contribution in [-0.2, 0) is 14.6 Å². The van der Waals surface area contributed by atoms with Gasteiger partial charge in [-0.05, 0) is 19.3 Å². The molecule has 0 aromatic rings. The minimum Gasteiger partial charge on any atom is -0.381 e. The van der Waals surface area contributed by atoms with Crippen molar-refractivity contribution in [1.82, 2.24) is 0 Å². The fourth-order valence-corrected chi connectivity index (χ4v) is 2.38. The zero-order valence-electron chi connectivity index (χ0n) is 11.4. The van der Waals surface area contributed by atoms with Gasteiger partial charge < -0.3 is 4.74 Å². The maximum Gasteiger partial charge on any atom is 0.147 e. The Balaban J connectivity index is 3.04. The van der Waals surface area contributed by atoms with E-state index in [4.69, 9.17) is 4.74 Å². The van der Waals surface area contributed by atoms with Crippen LogP contribution in [0.3, 0.4) is 0 Å². The zero-order valence-corrected chi connectivity index (χ0v) is 12.2. The molecule has 0 radical (unpaired) electrons. The predicted molar refractivity (Wildman–Crippen MR) is 73.1 cm³/mol. The highest BCUT2D eigenvalue weighted by Crippen LogP contribution is 2.03. The smallest absolute Gasteiger partial charge is 0.147 e. The molecule has 0 aliphatic rings. The predicted octanol–water partition coefficient (Wildman–Crippen LogP) is 3.19. The van der Waals surface area contributed by atoms with E-state index >= 15 is 0 Å². The summed E-state index contributed by atoms with van der Waals surface area (Å²) in [5.41, 5.74) is 0. The van der Waals surface area contributed by atoms with Crippen LogP contribution in [0.5, 0.6) is 0 Å². The van der Waals surface area contributed by atoms with Gasteiger partial charge in [-0.15, -0.1) is 0 Å². The number of unbranched alkanes of at least 4 members (excludes halogenated alkanes) is 6. The molecule has 0 N–H and O–H groups in total. The first kappa shape index (κ1) is 16.9. The molecule has 0 aromatic heterocycles. The first-order valence-corrected chi connectivity index (χ1v) is 8.88. The maximum absolute atomic E-state index is 10.9. The summed E-state index contributed by atoms with van der Waals surface area (Å²) in [5, 5.41) is 0. The molecule has 0 rings (SSSR count). The number of hydrogen-bond donors (Lipinski definition) is 0. The first-order chi connectivity index (χ1) is 8.06. The summed E-state index contributed by atoms with van der Waals surface area (Å²) in [6, 6.07) is 0. The molecule has 0 saturated carbocycles. The molecule has 17 heavy (non-hydrogen) atoms. The third-order valence-electron chi connectivity index (χ3n) is 2.70. The summed E-state index contributed by atoms with van der Waals surface area (Å²) in [6.07, 6.45) is 10.2. The molecule has 0 fully saturated rings. The highest BCUT2D eigenvalue weighted by molar-refractivity contribution is 7.90. The molecule has 0 aliphatic heterocycles. The van der Waals surface area contributed by atoms with E-state index in [0.717, 1.165) is 38.9 Å². The van der Waals surface area contributed by atoms with Crippen molar-refractivity contribution in [3.63, 3.8) is 0 Å². The second-order valence-corrected chi connectivity index (χ2v) is 6.98. The molecule has 104 valence electrons. The van der Waals surface area contributed by atoms with Gasteiger partial charge in [0, 0.05) is 25.2 Å². The highest BCUT2D eigenvalue weighted by Gasteiger charge is 2.00. The van der Waals surface area contributed by atoms with Gasteiger partial charge in [0.05, 0.1) is 0 Å². The van der Waals surface area contributed by atoms with Crippen molar-refractivity contribution in [1.29, 1.82) is 0 Å². The van der Waals surface area contributed by atoms with Crippen LogP contribution in [0.1, 0.15) is 58.3 Å². The number of hydrogen-bond acceptors (Lipinski definition) is 3. The van der Waals surface area contributed by atoms with Gasteiger partial charge in [-0.1, -0.05) is 39.0 Å². The van der Waals surface area contributed by atoms with Gasteiger partial charge >= 0.3 is 0 Å². The van der Waals surface area contributed by atoms with Gasteiger partial charge in [-0.3, -0.25) is 0 Å². The maximum atomic E-state index is 10.9. The Bertz CT molecular complexity index is 247. The second-order valence-electron chi connectivity index (χ2n) is 4.72. The summed E-state index contributed by atoms with van der Waals surface area (Å²) in [4.78, 5) is 0. The van der Waals surface area contributed by atoms with E-state index in [9.17, 15) is 8.42 Å². The van der Waals surface area contributed by atoms with E-state index in [1.165, 1.54) is 31.9 Å². The van der Waals surface area contributed by atoms with Crippen LogP contribution < -0.4 is 0 Å². The lowest BCUT2D eigenvalue weighted by Gasteiger charge is -2.04. The molecule has 0 amide bonds. The Morgan fingerprint density at radius 3 is 1.88 bits per heavy atom. The molecule has 0 saturated heterocycles. The van der Waals surface area contributed by atoms with Crippen molar-refractivity contribution in [2.24, 2.45) is 0 Å². The van der Waals surface area contributed by atoms with E-state index in [0.29, 0.717) is 5.75 Å². The van der Waals surface area contributed by atoms with E-state index in [-0.39, 0.29) is 0 Å². The van der Waals surface area contributed by atoms with Gasteiger partial charge in [-0.25, -0.2) is 8.42 Å². The molecule has 0 aliphatic carbocycles. The standard InChI is InChI=1S/C13H28O3S/c1-3-4-5-8-11-16-12-9-6-7-10-13-17(2,14)15/h3-13H2,1-2H3. The first-order valence-electron chi connectivity index (χ1n) is 6.81. The lowest BCUT2D eigenvalue weighted by Crippen LogP contribution is -2.03. The minimum atomic E-state index is -2.77. The molecule has 0 atom stereocenters. The van der Waals surface area contributed by atoms with Crippen molar-refractivity contribution < 1.29 is 13.2 Å². The summed E-state index contributed by atoms with van der Waals surface area (Å²) >= 11 is 0. The van der Waals surface area contributed by atoms with Gasteiger partial charge in [0.15, 0.2) is 0 Å². The molecular formula is C13H28O3S. The lowest BCUT2D eigenvalue weighted by atomic mass is 10.2. The van der Waals surface area contributed by atoms with E-state index in [1.807, 2.05) is 0 Å².